The molecule has 0 amide bonds. The van der Waals surface area contributed by atoms with Crippen molar-refractivity contribution >= 4 is 0 Å². The summed E-state index contributed by atoms with van der Waals surface area (Å²) in [7, 11) is 0. The molecule has 1 aromatic carbocycles. The molecule has 3 nitrogen and oxygen atoms in total. The number of hydrogen-bond donors (Lipinski definition) is 1. The molecule has 1 saturated heterocycles. The largest absolute Gasteiger partial charge is 0.381 e. The van der Waals surface area contributed by atoms with E-state index in [0.717, 1.165) is 26.1 Å². The van der Waals surface area contributed by atoms with Crippen LogP contribution in [0.2, 0.25) is 0 Å². The minimum absolute atomic E-state index is 0.179. The van der Waals surface area contributed by atoms with Crippen molar-refractivity contribution in [1.82, 2.24) is 0 Å². The van der Waals surface area contributed by atoms with Gasteiger partial charge < -0.3 is 15.2 Å². The maximum Gasteiger partial charge on any atom is 0.0852 e. The molecule has 1 fully saturated rings. The first-order valence-corrected chi connectivity index (χ1v) is 6.21. The Balaban J connectivity index is 1.95. The lowest BCUT2D eigenvalue weighted by Gasteiger charge is -2.36. The monoisotopic (exact) mass is 235 g/mol. The molecule has 1 aliphatic rings. The van der Waals surface area contributed by atoms with E-state index in [9.17, 15) is 0 Å². The second kappa shape index (κ2) is 5.63. The Hall–Kier alpha value is -0.900. The smallest absolute Gasteiger partial charge is 0.0852 e. The average Bonchev–Trinajstić information content (AvgIpc) is 2.38. The van der Waals surface area contributed by atoms with Gasteiger partial charge in [-0.25, -0.2) is 0 Å². The van der Waals surface area contributed by atoms with Crippen molar-refractivity contribution in [2.45, 2.75) is 32.0 Å². The summed E-state index contributed by atoms with van der Waals surface area (Å²) >= 11 is 0. The third kappa shape index (κ3) is 3.28. The van der Waals surface area contributed by atoms with Gasteiger partial charge in [0.2, 0.25) is 0 Å². The molecule has 1 aromatic rings. The van der Waals surface area contributed by atoms with Crippen LogP contribution in [0.3, 0.4) is 0 Å². The summed E-state index contributed by atoms with van der Waals surface area (Å²) < 4.78 is 11.4. The van der Waals surface area contributed by atoms with Gasteiger partial charge in [-0.1, -0.05) is 29.8 Å². The van der Waals surface area contributed by atoms with Gasteiger partial charge in [-0.3, -0.25) is 0 Å². The van der Waals surface area contributed by atoms with Gasteiger partial charge in [-0.2, -0.15) is 0 Å². The topological polar surface area (TPSA) is 44.5 Å². The fraction of sp³-hybridized carbons (Fsp3) is 0.571. The second-order valence-corrected chi connectivity index (χ2v) is 4.78. The van der Waals surface area contributed by atoms with Gasteiger partial charge in [0.05, 0.1) is 12.2 Å². The molecule has 0 unspecified atom stereocenters. The quantitative estimate of drug-likeness (QED) is 0.868. The summed E-state index contributed by atoms with van der Waals surface area (Å²) in [6.07, 6.45) is 1.80. The summed E-state index contributed by atoms with van der Waals surface area (Å²) in [5.74, 6) is 0. The summed E-state index contributed by atoms with van der Waals surface area (Å²) in [5, 5.41) is 0. The van der Waals surface area contributed by atoms with Crippen molar-refractivity contribution in [1.29, 1.82) is 0 Å². The van der Waals surface area contributed by atoms with Crippen molar-refractivity contribution in [2.24, 2.45) is 5.73 Å². The van der Waals surface area contributed by atoms with E-state index in [-0.39, 0.29) is 5.60 Å². The van der Waals surface area contributed by atoms with Crippen LogP contribution in [0.5, 0.6) is 0 Å². The van der Waals surface area contributed by atoms with Gasteiger partial charge >= 0.3 is 0 Å². The Morgan fingerprint density at radius 3 is 2.76 bits per heavy atom. The number of nitrogens with two attached hydrogens (primary N) is 1. The van der Waals surface area contributed by atoms with E-state index >= 15 is 0 Å². The molecule has 0 atom stereocenters. The zero-order chi connectivity index (χ0) is 12.1. The summed E-state index contributed by atoms with van der Waals surface area (Å²) in [6, 6.07) is 8.41. The standard InChI is InChI=1S/C14H21NO2/c1-12-3-2-4-13(9-12)10-17-14(11-15)5-7-16-8-6-14/h2-4,9H,5-8,10-11,15H2,1H3. The van der Waals surface area contributed by atoms with Crippen LogP contribution in [0.4, 0.5) is 0 Å². The zero-order valence-electron chi connectivity index (χ0n) is 10.4. The number of ether oxygens (including phenoxy) is 2. The van der Waals surface area contributed by atoms with Crippen LogP contribution in [0.15, 0.2) is 24.3 Å². The van der Waals surface area contributed by atoms with Crippen LogP contribution in [0.25, 0.3) is 0 Å². The Morgan fingerprint density at radius 2 is 2.12 bits per heavy atom. The fourth-order valence-electron chi connectivity index (χ4n) is 2.19. The molecule has 2 N–H and O–H groups in total. The minimum atomic E-state index is -0.179. The first kappa shape index (κ1) is 12.6. The van der Waals surface area contributed by atoms with E-state index in [1.54, 1.807) is 0 Å². The normalized spacial score (nSPS) is 19.2. The molecule has 0 radical (unpaired) electrons. The third-order valence-corrected chi connectivity index (χ3v) is 3.40. The van der Waals surface area contributed by atoms with Gasteiger partial charge in [-0.05, 0) is 12.5 Å². The van der Waals surface area contributed by atoms with Crippen LogP contribution < -0.4 is 5.73 Å². The maximum absolute atomic E-state index is 6.06. The molecule has 1 aliphatic heterocycles. The Morgan fingerprint density at radius 1 is 1.35 bits per heavy atom. The predicted molar refractivity (Wildman–Crippen MR) is 67.8 cm³/mol. The minimum Gasteiger partial charge on any atom is -0.381 e. The number of aryl methyl sites for hydroxylation is 1. The van der Waals surface area contributed by atoms with E-state index in [1.807, 2.05) is 0 Å². The van der Waals surface area contributed by atoms with Gasteiger partial charge in [0.25, 0.3) is 0 Å². The van der Waals surface area contributed by atoms with E-state index in [1.165, 1.54) is 11.1 Å². The molecule has 0 saturated carbocycles. The average molecular weight is 235 g/mol. The molecule has 2 rings (SSSR count). The molecule has 1 heterocycles. The molecule has 0 spiro atoms. The first-order chi connectivity index (χ1) is 8.24. The van der Waals surface area contributed by atoms with Gasteiger partial charge in [-0.15, -0.1) is 0 Å². The third-order valence-electron chi connectivity index (χ3n) is 3.40. The van der Waals surface area contributed by atoms with Crippen molar-refractivity contribution in [3.63, 3.8) is 0 Å². The molecular weight excluding hydrogens is 214 g/mol. The van der Waals surface area contributed by atoms with Crippen molar-refractivity contribution in [2.75, 3.05) is 19.8 Å². The molecule has 3 heteroatoms. The summed E-state index contributed by atoms with van der Waals surface area (Å²) in [5.41, 5.74) is 8.15. The lowest BCUT2D eigenvalue weighted by atomic mass is 9.94. The second-order valence-electron chi connectivity index (χ2n) is 4.78. The number of benzene rings is 1. The Bertz CT molecular complexity index is 359. The highest BCUT2D eigenvalue weighted by atomic mass is 16.5. The lowest BCUT2D eigenvalue weighted by Crippen LogP contribution is -2.45. The lowest BCUT2D eigenvalue weighted by molar-refractivity contribution is -0.112. The molecule has 94 valence electrons. The molecule has 0 aliphatic carbocycles. The van der Waals surface area contributed by atoms with Gasteiger partial charge in [0.15, 0.2) is 0 Å². The Kier molecular flexibility index (Phi) is 4.15. The van der Waals surface area contributed by atoms with Gasteiger partial charge in [0.1, 0.15) is 0 Å². The van der Waals surface area contributed by atoms with Crippen LogP contribution in [0, 0.1) is 6.92 Å². The van der Waals surface area contributed by atoms with Crippen LogP contribution in [-0.4, -0.2) is 25.4 Å². The molecule has 17 heavy (non-hydrogen) atoms. The zero-order valence-corrected chi connectivity index (χ0v) is 10.4. The number of rotatable bonds is 4. The van der Waals surface area contributed by atoms with Crippen molar-refractivity contribution in [3.05, 3.63) is 35.4 Å². The summed E-state index contributed by atoms with van der Waals surface area (Å²) in [4.78, 5) is 0. The Labute approximate surface area is 103 Å². The van der Waals surface area contributed by atoms with E-state index in [0.29, 0.717) is 13.2 Å². The highest BCUT2D eigenvalue weighted by Crippen LogP contribution is 2.25. The highest BCUT2D eigenvalue weighted by molar-refractivity contribution is 5.21. The predicted octanol–water partition coefficient (Wildman–Crippen LogP) is 2.02. The fourth-order valence-corrected chi connectivity index (χ4v) is 2.19. The molecule has 0 aromatic heterocycles. The van der Waals surface area contributed by atoms with E-state index in [2.05, 4.69) is 31.2 Å². The van der Waals surface area contributed by atoms with Crippen LogP contribution >= 0.6 is 0 Å². The van der Waals surface area contributed by atoms with Gasteiger partial charge in [0, 0.05) is 32.6 Å². The van der Waals surface area contributed by atoms with Crippen LogP contribution in [0.1, 0.15) is 24.0 Å². The molecular formula is C14H21NO2. The SMILES string of the molecule is Cc1cccc(COC2(CN)CCOCC2)c1. The van der Waals surface area contributed by atoms with Crippen molar-refractivity contribution in [3.8, 4) is 0 Å². The highest BCUT2D eigenvalue weighted by Gasteiger charge is 2.32. The molecule has 0 bridgehead atoms. The maximum atomic E-state index is 6.06. The van der Waals surface area contributed by atoms with E-state index in [4.69, 9.17) is 15.2 Å². The first-order valence-electron chi connectivity index (χ1n) is 6.21. The summed E-state index contributed by atoms with van der Waals surface area (Å²) in [6.45, 7) is 4.81. The van der Waals surface area contributed by atoms with Crippen LogP contribution in [-0.2, 0) is 16.1 Å². The van der Waals surface area contributed by atoms with E-state index < -0.39 is 0 Å². The van der Waals surface area contributed by atoms with Crippen molar-refractivity contribution < 1.29 is 9.47 Å². The number of hydrogen-bond acceptors (Lipinski definition) is 3.